The van der Waals surface area contributed by atoms with Crippen LogP contribution in [0.5, 0.6) is 0 Å². The smallest absolute Gasteiger partial charge is 0.309 e. The molecule has 0 aromatic carbocycles. The summed E-state index contributed by atoms with van der Waals surface area (Å²) in [6.07, 6.45) is 7.61. The minimum atomic E-state index is -0.424. The van der Waals surface area contributed by atoms with Crippen LogP contribution in [0, 0.1) is 28.6 Å². The van der Waals surface area contributed by atoms with Crippen LogP contribution in [0.15, 0.2) is 11.6 Å². The number of esters is 2. The van der Waals surface area contributed by atoms with Gasteiger partial charge in [-0.2, -0.15) is 0 Å². The lowest BCUT2D eigenvalue weighted by molar-refractivity contribution is -0.172. The highest BCUT2D eigenvalue weighted by molar-refractivity contribution is 5.92. The highest BCUT2D eigenvalue weighted by atomic mass is 16.6. The van der Waals surface area contributed by atoms with Crippen molar-refractivity contribution in [3.63, 3.8) is 0 Å². The standard InChI is InChI=1S/C24H30O6/c1-21-7-4-14(25)10-13(21)11-15(20(27)28-3)19-16-5-8-23(9-6-18(26)30-23)22(16,2)12-17-24(19,21)29-17/h10,15-17,19H,4-9,11-12H2,1-3H3/t15-,16?,17-,19+,21+,22+,23?,24-/m1/s1. The molecule has 0 amide bonds. The van der Waals surface area contributed by atoms with Crippen molar-refractivity contribution < 1.29 is 28.6 Å². The lowest BCUT2D eigenvalue weighted by atomic mass is 9.43. The van der Waals surface area contributed by atoms with Gasteiger partial charge in [-0.05, 0) is 50.5 Å². The van der Waals surface area contributed by atoms with Crippen LogP contribution in [0.25, 0.3) is 0 Å². The highest BCUT2D eigenvalue weighted by Gasteiger charge is 2.83. The first-order chi connectivity index (χ1) is 14.2. The van der Waals surface area contributed by atoms with E-state index in [9.17, 15) is 14.4 Å². The molecule has 2 saturated heterocycles. The van der Waals surface area contributed by atoms with Crippen LogP contribution >= 0.6 is 0 Å². The third-order valence-corrected chi connectivity index (χ3v) is 10.2. The highest BCUT2D eigenvalue weighted by Crippen LogP contribution is 2.78. The molecule has 5 fully saturated rings. The fourth-order valence-corrected chi connectivity index (χ4v) is 8.69. The van der Waals surface area contributed by atoms with Gasteiger partial charge in [-0.1, -0.05) is 19.4 Å². The van der Waals surface area contributed by atoms with Gasteiger partial charge in [0.1, 0.15) is 11.2 Å². The minimum absolute atomic E-state index is 0.0303. The molecule has 4 aliphatic carbocycles. The van der Waals surface area contributed by atoms with Gasteiger partial charge in [-0.25, -0.2) is 0 Å². The average molecular weight is 414 g/mol. The predicted octanol–water partition coefficient (Wildman–Crippen LogP) is 3.12. The summed E-state index contributed by atoms with van der Waals surface area (Å²) in [5.41, 5.74) is -0.175. The number of carbonyl (C=O) groups excluding carboxylic acids is 3. The van der Waals surface area contributed by atoms with E-state index in [1.54, 1.807) is 6.08 Å². The van der Waals surface area contributed by atoms with Gasteiger partial charge < -0.3 is 14.2 Å². The normalized spacial score (nSPS) is 53.2. The first kappa shape index (κ1) is 19.0. The van der Waals surface area contributed by atoms with Crippen LogP contribution in [0.2, 0.25) is 0 Å². The van der Waals surface area contributed by atoms with E-state index in [1.165, 1.54) is 7.11 Å². The molecule has 6 heteroatoms. The Morgan fingerprint density at radius 2 is 1.97 bits per heavy atom. The maximum Gasteiger partial charge on any atom is 0.309 e. The SMILES string of the molecule is COC(=O)[C@@H]1CC2=CC(=O)CC[C@]2(C)[C@@]23O[C@@H]2C[C@@]2(C)C(CCC24CCC(=O)O4)[C@H]13. The molecule has 2 spiro atoms. The lowest BCUT2D eigenvalue weighted by Crippen LogP contribution is -2.63. The Bertz CT molecular complexity index is 907. The van der Waals surface area contributed by atoms with Gasteiger partial charge in [-0.3, -0.25) is 14.4 Å². The molecule has 0 aromatic heterocycles. The summed E-state index contributed by atoms with van der Waals surface area (Å²) >= 11 is 0. The van der Waals surface area contributed by atoms with E-state index in [4.69, 9.17) is 14.2 Å². The monoisotopic (exact) mass is 414 g/mol. The van der Waals surface area contributed by atoms with Gasteiger partial charge in [0, 0.05) is 29.6 Å². The summed E-state index contributed by atoms with van der Waals surface area (Å²) in [7, 11) is 1.45. The molecule has 0 N–H and O–H groups in total. The molecule has 3 saturated carbocycles. The van der Waals surface area contributed by atoms with Crippen molar-refractivity contribution in [1.29, 1.82) is 0 Å². The van der Waals surface area contributed by atoms with Crippen LogP contribution in [0.1, 0.15) is 65.2 Å². The number of ether oxygens (including phenoxy) is 3. The van der Waals surface area contributed by atoms with Crippen molar-refractivity contribution in [2.75, 3.05) is 7.11 Å². The zero-order valence-electron chi connectivity index (χ0n) is 18.0. The van der Waals surface area contributed by atoms with Crippen molar-refractivity contribution in [1.82, 2.24) is 0 Å². The second kappa shape index (κ2) is 5.56. The van der Waals surface area contributed by atoms with Gasteiger partial charge in [0.05, 0.1) is 19.1 Å². The Labute approximate surface area is 176 Å². The zero-order chi connectivity index (χ0) is 21.1. The largest absolute Gasteiger partial charge is 0.469 e. The molecule has 6 nitrogen and oxygen atoms in total. The van der Waals surface area contributed by atoms with E-state index in [1.807, 2.05) is 0 Å². The van der Waals surface area contributed by atoms with Crippen molar-refractivity contribution >= 4 is 17.7 Å². The van der Waals surface area contributed by atoms with Crippen LogP contribution in [-0.2, 0) is 28.6 Å². The Balaban J connectivity index is 1.49. The Morgan fingerprint density at radius 1 is 1.17 bits per heavy atom. The molecule has 2 heterocycles. The number of fused-ring (bicyclic) bond motifs is 4. The summed E-state index contributed by atoms with van der Waals surface area (Å²) in [6, 6.07) is 0. The summed E-state index contributed by atoms with van der Waals surface area (Å²) < 4.78 is 17.9. The minimum Gasteiger partial charge on any atom is -0.469 e. The number of epoxide rings is 1. The molecule has 2 unspecified atom stereocenters. The van der Waals surface area contributed by atoms with Gasteiger partial charge in [0.15, 0.2) is 5.78 Å². The number of hydrogen-bond donors (Lipinski definition) is 0. The molecule has 2 aliphatic heterocycles. The number of ketones is 1. The Kier molecular flexibility index (Phi) is 3.53. The molecular formula is C24H30O6. The molecule has 8 atom stereocenters. The van der Waals surface area contributed by atoms with Crippen molar-refractivity contribution in [3.8, 4) is 0 Å². The van der Waals surface area contributed by atoms with Crippen molar-refractivity contribution in [3.05, 3.63) is 11.6 Å². The Hall–Kier alpha value is -1.69. The van der Waals surface area contributed by atoms with E-state index in [2.05, 4.69) is 13.8 Å². The first-order valence-corrected chi connectivity index (χ1v) is 11.4. The van der Waals surface area contributed by atoms with Crippen LogP contribution in [-0.4, -0.2) is 42.1 Å². The quantitative estimate of drug-likeness (QED) is 0.484. The van der Waals surface area contributed by atoms with Crippen molar-refractivity contribution in [2.24, 2.45) is 28.6 Å². The summed E-state index contributed by atoms with van der Waals surface area (Å²) in [4.78, 5) is 37.4. The number of hydrogen-bond acceptors (Lipinski definition) is 6. The number of methoxy groups -OCH3 is 1. The molecule has 6 rings (SSSR count). The summed E-state index contributed by atoms with van der Waals surface area (Å²) in [5.74, 6) is -0.201. The molecular weight excluding hydrogens is 384 g/mol. The van der Waals surface area contributed by atoms with E-state index < -0.39 is 11.2 Å². The second-order valence-corrected chi connectivity index (χ2v) is 11.0. The van der Waals surface area contributed by atoms with Gasteiger partial charge in [0.25, 0.3) is 0 Å². The average Bonchev–Trinajstić information content (AvgIpc) is 3.20. The molecule has 162 valence electrons. The Morgan fingerprint density at radius 3 is 2.67 bits per heavy atom. The van der Waals surface area contributed by atoms with Crippen molar-refractivity contribution in [2.45, 2.75) is 82.5 Å². The molecule has 0 radical (unpaired) electrons. The van der Waals surface area contributed by atoms with Crippen LogP contribution in [0.3, 0.4) is 0 Å². The summed E-state index contributed by atoms with van der Waals surface area (Å²) in [5, 5.41) is 0. The van der Waals surface area contributed by atoms with Crippen LogP contribution < -0.4 is 0 Å². The van der Waals surface area contributed by atoms with E-state index in [0.29, 0.717) is 19.3 Å². The fourth-order valence-electron chi connectivity index (χ4n) is 8.69. The van der Waals surface area contributed by atoms with Gasteiger partial charge in [0.2, 0.25) is 0 Å². The predicted molar refractivity (Wildman–Crippen MR) is 105 cm³/mol. The second-order valence-electron chi connectivity index (χ2n) is 11.0. The molecule has 0 aromatic rings. The maximum atomic E-state index is 13.0. The zero-order valence-corrected chi connectivity index (χ0v) is 18.0. The topological polar surface area (TPSA) is 82.2 Å². The third kappa shape index (κ3) is 1.94. The van der Waals surface area contributed by atoms with Crippen LogP contribution in [0.4, 0.5) is 0 Å². The van der Waals surface area contributed by atoms with E-state index in [-0.39, 0.29) is 52.4 Å². The van der Waals surface area contributed by atoms with Gasteiger partial charge >= 0.3 is 11.9 Å². The number of carbonyl (C=O) groups is 3. The maximum absolute atomic E-state index is 13.0. The molecule has 30 heavy (non-hydrogen) atoms. The van der Waals surface area contributed by atoms with Gasteiger partial charge in [-0.15, -0.1) is 0 Å². The third-order valence-electron chi connectivity index (χ3n) is 10.2. The number of rotatable bonds is 1. The van der Waals surface area contributed by atoms with E-state index >= 15 is 0 Å². The summed E-state index contributed by atoms with van der Waals surface area (Å²) in [6.45, 7) is 4.51. The molecule has 0 bridgehead atoms. The first-order valence-electron chi connectivity index (χ1n) is 11.4. The lowest BCUT2D eigenvalue weighted by Gasteiger charge is -2.58. The fraction of sp³-hybridized carbons (Fsp3) is 0.792. The molecule has 6 aliphatic rings. The van der Waals surface area contributed by atoms with E-state index in [0.717, 1.165) is 37.7 Å².